The molecule has 1 amide bonds. The van der Waals surface area contributed by atoms with Crippen molar-refractivity contribution in [3.63, 3.8) is 0 Å². The summed E-state index contributed by atoms with van der Waals surface area (Å²) in [4.78, 5) is 43.3. The molecular formula is C21H20N6O6. The van der Waals surface area contributed by atoms with Crippen LogP contribution in [0.1, 0.15) is 27.6 Å². The zero-order chi connectivity index (χ0) is 23.8. The molecular weight excluding hydrogens is 432 g/mol. The maximum absolute atomic E-state index is 12.5. The van der Waals surface area contributed by atoms with Gasteiger partial charge in [0, 0.05) is 5.69 Å². The zero-order valence-corrected chi connectivity index (χ0v) is 17.7. The molecule has 0 bridgehead atoms. The van der Waals surface area contributed by atoms with Crippen LogP contribution in [0.3, 0.4) is 0 Å². The number of aromatic nitrogens is 2. The number of hydrazine groups is 1. The molecule has 1 aromatic heterocycles. The second kappa shape index (κ2) is 10.5. The summed E-state index contributed by atoms with van der Waals surface area (Å²) in [6.45, 7) is 1.90. The van der Waals surface area contributed by atoms with E-state index in [0.717, 1.165) is 6.33 Å². The number of para-hydroxylation sites is 1. The van der Waals surface area contributed by atoms with Crippen molar-refractivity contribution in [2.24, 2.45) is 0 Å². The third-order valence-corrected chi connectivity index (χ3v) is 4.29. The van der Waals surface area contributed by atoms with E-state index in [1.807, 2.05) is 0 Å². The fourth-order valence-corrected chi connectivity index (χ4v) is 2.83. The lowest BCUT2D eigenvalue weighted by Gasteiger charge is -2.12. The smallest absolute Gasteiger partial charge is 0.355 e. The number of benzene rings is 2. The Kier molecular flexibility index (Phi) is 7.32. The quantitative estimate of drug-likeness (QED) is 0.250. The zero-order valence-electron chi connectivity index (χ0n) is 17.7. The van der Waals surface area contributed by atoms with Crippen molar-refractivity contribution in [2.45, 2.75) is 6.92 Å². The van der Waals surface area contributed by atoms with E-state index in [1.165, 1.54) is 19.2 Å². The summed E-state index contributed by atoms with van der Waals surface area (Å²) < 4.78 is 10.1. The molecule has 1 heterocycles. The predicted octanol–water partition coefficient (Wildman–Crippen LogP) is 3.07. The Labute approximate surface area is 188 Å². The number of anilines is 3. The van der Waals surface area contributed by atoms with Gasteiger partial charge in [0.05, 0.1) is 29.8 Å². The van der Waals surface area contributed by atoms with Crippen molar-refractivity contribution in [3.8, 4) is 5.75 Å². The Balaban J connectivity index is 1.83. The van der Waals surface area contributed by atoms with E-state index < -0.39 is 22.5 Å². The van der Waals surface area contributed by atoms with Crippen LogP contribution in [0.15, 0.2) is 54.9 Å². The Morgan fingerprint density at radius 3 is 2.58 bits per heavy atom. The number of rotatable bonds is 9. The van der Waals surface area contributed by atoms with Crippen molar-refractivity contribution in [3.05, 3.63) is 76.1 Å². The van der Waals surface area contributed by atoms with E-state index >= 15 is 0 Å². The molecule has 0 fully saturated rings. The maximum atomic E-state index is 12.5. The van der Waals surface area contributed by atoms with Crippen LogP contribution in [-0.4, -0.2) is 40.5 Å². The molecule has 0 spiro atoms. The van der Waals surface area contributed by atoms with Gasteiger partial charge in [-0.2, -0.15) is 0 Å². The molecule has 0 radical (unpaired) electrons. The first-order valence-corrected chi connectivity index (χ1v) is 9.67. The number of amides is 1. The van der Waals surface area contributed by atoms with Crippen molar-refractivity contribution in [1.29, 1.82) is 0 Å². The molecule has 3 aromatic rings. The monoisotopic (exact) mass is 452 g/mol. The van der Waals surface area contributed by atoms with Crippen LogP contribution in [0.5, 0.6) is 5.75 Å². The molecule has 0 aliphatic heterocycles. The number of carbonyl (C=O) groups excluding carboxylic acids is 2. The molecule has 0 aliphatic carbocycles. The lowest BCUT2D eigenvalue weighted by atomic mass is 10.2. The number of hydrogen-bond donors (Lipinski definition) is 3. The van der Waals surface area contributed by atoms with Crippen LogP contribution in [0.2, 0.25) is 0 Å². The largest absolute Gasteiger partial charge is 0.496 e. The van der Waals surface area contributed by atoms with Gasteiger partial charge < -0.3 is 14.8 Å². The average Bonchev–Trinajstić information content (AvgIpc) is 2.82. The highest BCUT2D eigenvalue weighted by molar-refractivity contribution is 5.97. The van der Waals surface area contributed by atoms with Crippen LogP contribution < -0.4 is 20.9 Å². The minimum absolute atomic E-state index is 0.148. The highest BCUT2D eigenvalue weighted by Crippen LogP contribution is 2.31. The number of nitrogens with one attached hydrogen (secondary N) is 3. The van der Waals surface area contributed by atoms with Gasteiger partial charge in [0.1, 0.15) is 12.1 Å². The van der Waals surface area contributed by atoms with Crippen molar-refractivity contribution >= 4 is 34.9 Å². The summed E-state index contributed by atoms with van der Waals surface area (Å²) in [6, 6.07) is 12.7. The Hall–Kier alpha value is -4.74. The van der Waals surface area contributed by atoms with Crippen LogP contribution in [0, 0.1) is 10.1 Å². The van der Waals surface area contributed by atoms with Gasteiger partial charge >= 0.3 is 11.7 Å². The fourth-order valence-electron chi connectivity index (χ4n) is 2.83. The SMILES string of the molecule is CCOC(=O)c1cccc(Nc2ncnc(NNC(=O)c3ccccc3OC)c2[N+](=O)[O-])c1. The van der Waals surface area contributed by atoms with Crippen molar-refractivity contribution in [2.75, 3.05) is 24.5 Å². The molecule has 0 saturated carbocycles. The van der Waals surface area contributed by atoms with Crippen molar-refractivity contribution < 1.29 is 24.0 Å². The molecule has 0 atom stereocenters. The van der Waals surface area contributed by atoms with E-state index in [4.69, 9.17) is 9.47 Å². The number of esters is 1. The summed E-state index contributed by atoms with van der Waals surface area (Å²) in [5, 5.41) is 14.5. The van der Waals surface area contributed by atoms with E-state index in [9.17, 15) is 19.7 Å². The topological polar surface area (TPSA) is 158 Å². The minimum atomic E-state index is -0.699. The molecule has 0 saturated heterocycles. The van der Waals surface area contributed by atoms with Gasteiger partial charge in [0.2, 0.25) is 11.6 Å². The lowest BCUT2D eigenvalue weighted by molar-refractivity contribution is -0.383. The molecule has 3 N–H and O–H groups in total. The summed E-state index contributed by atoms with van der Waals surface area (Å²) in [6.07, 6.45) is 1.09. The van der Waals surface area contributed by atoms with Gasteiger partial charge in [-0.25, -0.2) is 14.8 Å². The van der Waals surface area contributed by atoms with Crippen LogP contribution >= 0.6 is 0 Å². The fraction of sp³-hybridized carbons (Fsp3) is 0.143. The number of nitrogens with zero attached hydrogens (tertiary/aromatic N) is 3. The molecule has 0 aliphatic rings. The normalized spacial score (nSPS) is 10.1. The number of methoxy groups -OCH3 is 1. The minimum Gasteiger partial charge on any atom is -0.496 e. The predicted molar refractivity (Wildman–Crippen MR) is 118 cm³/mol. The Morgan fingerprint density at radius 1 is 1.09 bits per heavy atom. The first-order valence-electron chi connectivity index (χ1n) is 9.67. The highest BCUT2D eigenvalue weighted by atomic mass is 16.6. The number of hydrogen-bond acceptors (Lipinski definition) is 10. The Bertz CT molecular complexity index is 1190. The van der Waals surface area contributed by atoms with Gasteiger partial charge in [-0.15, -0.1) is 0 Å². The van der Waals surface area contributed by atoms with Crippen molar-refractivity contribution in [1.82, 2.24) is 15.4 Å². The van der Waals surface area contributed by atoms with Gasteiger partial charge in [-0.1, -0.05) is 18.2 Å². The second-order valence-corrected chi connectivity index (χ2v) is 6.38. The average molecular weight is 452 g/mol. The molecule has 12 nitrogen and oxygen atoms in total. The molecule has 12 heteroatoms. The maximum Gasteiger partial charge on any atom is 0.355 e. The molecule has 170 valence electrons. The van der Waals surface area contributed by atoms with Crippen LogP contribution in [0.25, 0.3) is 0 Å². The van der Waals surface area contributed by atoms with Crippen LogP contribution in [-0.2, 0) is 4.74 Å². The first-order chi connectivity index (χ1) is 15.9. The summed E-state index contributed by atoms with van der Waals surface area (Å²) in [7, 11) is 1.42. The highest BCUT2D eigenvalue weighted by Gasteiger charge is 2.24. The standard InChI is InChI=1S/C21H20N6O6/c1-3-33-21(29)13-7-6-8-14(11-13)24-18-17(27(30)31)19(23-12-22-18)25-26-20(28)15-9-4-5-10-16(15)32-2/h4-12H,3H2,1-2H3,(H,26,28)(H2,22,23,24,25). The van der Waals surface area contributed by atoms with E-state index in [-0.39, 0.29) is 29.4 Å². The Morgan fingerprint density at radius 2 is 1.85 bits per heavy atom. The van der Waals surface area contributed by atoms with Gasteiger partial charge in [-0.3, -0.25) is 25.8 Å². The van der Waals surface area contributed by atoms with Gasteiger partial charge in [0.25, 0.3) is 5.91 Å². The van der Waals surface area contributed by atoms with Gasteiger partial charge in [0.15, 0.2) is 0 Å². The third-order valence-electron chi connectivity index (χ3n) is 4.29. The number of nitro groups is 1. The van der Waals surface area contributed by atoms with Crippen LogP contribution in [0.4, 0.5) is 23.0 Å². The summed E-state index contributed by atoms with van der Waals surface area (Å²) in [5.74, 6) is -1.18. The van der Waals surface area contributed by atoms with E-state index in [1.54, 1.807) is 43.3 Å². The number of carbonyl (C=O) groups is 2. The molecule has 0 unspecified atom stereocenters. The van der Waals surface area contributed by atoms with E-state index in [0.29, 0.717) is 11.4 Å². The summed E-state index contributed by atoms with van der Waals surface area (Å²) >= 11 is 0. The second-order valence-electron chi connectivity index (χ2n) is 6.38. The molecule has 3 rings (SSSR count). The molecule has 33 heavy (non-hydrogen) atoms. The first kappa shape index (κ1) is 22.9. The third kappa shape index (κ3) is 5.50. The number of ether oxygens (including phenoxy) is 2. The van der Waals surface area contributed by atoms with E-state index in [2.05, 4.69) is 26.1 Å². The summed E-state index contributed by atoms with van der Waals surface area (Å²) in [5.41, 5.74) is 5.15. The lowest BCUT2D eigenvalue weighted by Crippen LogP contribution is -2.30. The molecule has 2 aromatic carbocycles. The van der Waals surface area contributed by atoms with Gasteiger partial charge in [-0.05, 0) is 37.3 Å².